The van der Waals surface area contributed by atoms with E-state index in [0.29, 0.717) is 21.7 Å². The molecule has 0 spiro atoms. The molecule has 7 heteroatoms. The summed E-state index contributed by atoms with van der Waals surface area (Å²) < 4.78 is 25.6. The summed E-state index contributed by atoms with van der Waals surface area (Å²) in [5.41, 5.74) is 1.92. The summed E-state index contributed by atoms with van der Waals surface area (Å²) in [5, 5.41) is 1.24. The van der Waals surface area contributed by atoms with E-state index in [9.17, 15) is 9.18 Å². The van der Waals surface area contributed by atoms with Crippen molar-refractivity contribution < 1.29 is 18.7 Å². The molecule has 0 amide bonds. The maximum atomic E-state index is 14.6. The van der Waals surface area contributed by atoms with Crippen LogP contribution in [0.3, 0.4) is 0 Å². The van der Waals surface area contributed by atoms with Crippen LogP contribution >= 0.6 is 23.2 Å². The van der Waals surface area contributed by atoms with Gasteiger partial charge in [-0.3, -0.25) is 4.90 Å². The lowest BCUT2D eigenvalue weighted by molar-refractivity contribution is 0.0593. The number of carbonyl (C=O) groups excluding carboxylic acids is 1. The summed E-state index contributed by atoms with van der Waals surface area (Å²) in [7, 11) is 1.26. The van der Waals surface area contributed by atoms with E-state index in [4.69, 9.17) is 32.7 Å². The molecule has 4 rings (SSSR count). The SMILES string of the molecule is COC(=O)c1cc(C2CC2)c(O[C@@H]2CCCN([C@@H](C)c3cc(Cl)cc(Cl)c3)C2)cc1F. The Hall–Kier alpha value is -1.82. The van der Waals surface area contributed by atoms with Crippen LogP contribution in [0.4, 0.5) is 4.39 Å². The van der Waals surface area contributed by atoms with E-state index in [0.717, 1.165) is 49.9 Å². The fraction of sp³-hybridized carbons (Fsp3) is 0.458. The van der Waals surface area contributed by atoms with Crippen LogP contribution in [0.1, 0.15) is 66.1 Å². The number of likely N-dealkylation sites (tertiary alicyclic amines) is 1. The van der Waals surface area contributed by atoms with E-state index < -0.39 is 11.8 Å². The molecule has 2 aromatic carbocycles. The maximum Gasteiger partial charge on any atom is 0.340 e. The number of benzene rings is 2. The predicted molar refractivity (Wildman–Crippen MR) is 120 cm³/mol. The standard InChI is InChI=1S/C24H26Cl2FNO3/c1-14(16-8-17(25)10-18(26)9-16)28-7-3-4-19(13-28)31-23-12-22(27)21(24(29)30-2)11-20(23)15-5-6-15/h8-12,14-15,19H,3-7,13H2,1-2H3/t14-,19+/m0/s1. The number of hydrogen-bond acceptors (Lipinski definition) is 4. The first-order chi connectivity index (χ1) is 14.9. The lowest BCUT2D eigenvalue weighted by atomic mass is 10.0. The first-order valence-electron chi connectivity index (χ1n) is 10.6. The zero-order valence-electron chi connectivity index (χ0n) is 17.7. The molecule has 2 aromatic rings. The van der Waals surface area contributed by atoms with Crippen LogP contribution in [0.25, 0.3) is 0 Å². The van der Waals surface area contributed by atoms with Gasteiger partial charge in [0, 0.05) is 28.7 Å². The number of halogens is 3. The molecule has 1 saturated carbocycles. The van der Waals surface area contributed by atoms with E-state index in [2.05, 4.69) is 11.8 Å². The molecule has 4 nitrogen and oxygen atoms in total. The number of carbonyl (C=O) groups is 1. The quantitative estimate of drug-likeness (QED) is 0.462. The highest BCUT2D eigenvalue weighted by molar-refractivity contribution is 6.34. The second-order valence-electron chi connectivity index (χ2n) is 8.39. The highest BCUT2D eigenvalue weighted by atomic mass is 35.5. The minimum absolute atomic E-state index is 0.0338. The fourth-order valence-corrected chi connectivity index (χ4v) is 4.82. The molecular weight excluding hydrogens is 440 g/mol. The maximum absolute atomic E-state index is 14.6. The Labute approximate surface area is 192 Å². The van der Waals surface area contributed by atoms with E-state index in [1.807, 2.05) is 12.1 Å². The summed E-state index contributed by atoms with van der Waals surface area (Å²) in [6.07, 6.45) is 3.85. The van der Waals surface area contributed by atoms with E-state index in [1.165, 1.54) is 13.2 Å². The third-order valence-electron chi connectivity index (χ3n) is 6.14. The Bertz CT molecular complexity index is 959. The second kappa shape index (κ2) is 9.35. The number of ether oxygens (including phenoxy) is 2. The van der Waals surface area contributed by atoms with Crippen molar-refractivity contribution in [2.24, 2.45) is 0 Å². The van der Waals surface area contributed by atoms with Crippen molar-refractivity contribution >= 4 is 29.2 Å². The number of hydrogen-bond donors (Lipinski definition) is 0. The molecule has 2 atom stereocenters. The van der Waals surface area contributed by atoms with Crippen LogP contribution < -0.4 is 4.74 Å². The molecule has 0 bridgehead atoms. The fourth-order valence-electron chi connectivity index (χ4n) is 4.27. The smallest absolute Gasteiger partial charge is 0.340 e. The minimum atomic E-state index is -0.663. The minimum Gasteiger partial charge on any atom is -0.489 e. The molecule has 1 heterocycles. The van der Waals surface area contributed by atoms with Crippen LogP contribution in [0.2, 0.25) is 10.0 Å². The molecule has 31 heavy (non-hydrogen) atoms. The molecule has 2 aliphatic rings. The molecular formula is C24H26Cl2FNO3. The van der Waals surface area contributed by atoms with Crippen LogP contribution in [0.15, 0.2) is 30.3 Å². The summed E-state index contributed by atoms with van der Waals surface area (Å²) in [5.74, 6) is -0.422. The van der Waals surface area contributed by atoms with Gasteiger partial charge in [-0.15, -0.1) is 0 Å². The second-order valence-corrected chi connectivity index (χ2v) is 9.26. The number of nitrogens with zero attached hydrogens (tertiary/aromatic N) is 1. The van der Waals surface area contributed by atoms with Crippen molar-refractivity contribution in [1.29, 1.82) is 0 Å². The van der Waals surface area contributed by atoms with E-state index in [1.54, 1.807) is 12.1 Å². The highest BCUT2D eigenvalue weighted by Crippen LogP contribution is 2.45. The Kier molecular flexibility index (Phi) is 6.75. The number of esters is 1. The number of methoxy groups -OCH3 is 1. The zero-order valence-corrected chi connectivity index (χ0v) is 19.2. The van der Waals surface area contributed by atoms with Crippen LogP contribution in [0.5, 0.6) is 5.75 Å². The van der Waals surface area contributed by atoms with Gasteiger partial charge >= 0.3 is 5.97 Å². The van der Waals surface area contributed by atoms with Gasteiger partial charge < -0.3 is 9.47 Å². The molecule has 0 radical (unpaired) electrons. The summed E-state index contributed by atoms with van der Waals surface area (Å²) in [6, 6.07) is 8.69. The van der Waals surface area contributed by atoms with Gasteiger partial charge in [-0.05, 0) is 80.5 Å². The van der Waals surface area contributed by atoms with Crippen molar-refractivity contribution in [1.82, 2.24) is 4.90 Å². The van der Waals surface area contributed by atoms with Gasteiger partial charge in [0.25, 0.3) is 0 Å². The number of rotatable bonds is 6. The Morgan fingerprint density at radius 1 is 1.13 bits per heavy atom. The first kappa shape index (κ1) is 22.4. The molecule has 166 valence electrons. The molecule has 1 aliphatic carbocycles. The van der Waals surface area contributed by atoms with Gasteiger partial charge in [0.15, 0.2) is 0 Å². The van der Waals surface area contributed by atoms with Crippen molar-refractivity contribution in [2.45, 2.75) is 50.7 Å². The molecule has 0 aromatic heterocycles. The van der Waals surface area contributed by atoms with Gasteiger partial charge in [-0.25, -0.2) is 9.18 Å². The topological polar surface area (TPSA) is 38.8 Å². The van der Waals surface area contributed by atoms with E-state index in [-0.39, 0.29) is 17.7 Å². The van der Waals surface area contributed by atoms with Gasteiger partial charge in [0.05, 0.1) is 12.7 Å². The Balaban J connectivity index is 1.52. The van der Waals surface area contributed by atoms with Crippen molar-refractivity contribution in [2.75, 3.05) is 20.2 Å². The van der Waals surface area contributed by atoms with Gasteiger partial charge in [-0.1, -0.05) is 23.2 Å². The van der Waals surface area contributed by atoms with Gasteiger partial charge in [0.1, 0.15) is 17.7 Å². The third kappa shape index (κ3) is 5.16. The first-order valence-corrected chi connectivity index (χ1v) is 11.4. The summed E-state index contributed by atoms with van der Waals surface area (Å²) >= 11 is 12.4. The lowest BCUT2D eigenvalue weighted by Crippen LogP contribution is -2.42. The molecule has 0 unspecified atom stereocenters. The molecule has 0 N–H and O–H groups in total. The third-order valence-corrected chi connectivity index (χ3v) is 6.58. The summed E-state index contributed by atoms with van der Waals surface area (Å²) in [6.45, 7) is 3.79. The van der Waals surface area contributed by atoms with E-state index >= 15 is 0 Å². The lowest BCUT2D eigenvalue weighted by Gasteiger charge is -2.37. The zero-order chi connectivity index (χ0) is 22.1. The Morgan fingerprint density at radius 2 is 1.84 bits per heavy atom. The molecule has 2 fully saturated rings. The Morgan fingerprint density at radius 3 is 2.48 bits per heavy atom. The van der Waals surface area contributed by atoms with Gasteiger partial charge in [0.2, 0.25) is 0 Å². The molecule has 1 aliphatic heterocycles. The van der Waals surface area contributed by atoms with Crippen molar-refractivity contribution in [3.05, 3.63) is 62.9 Å². The van der Waals surface area contributed by atoms with Crippen LogP contribution in [0, 0.1) is 5.82 Å². The van der Waals surface area contributed by atoms with Crippen LogP contribution in [-0.2, 0) is 4.74 Å². The van der Waals surface area contributed by atoms with Crippen molar-refractivity contribution in [3.8, 4) is 5.75 Å². The normalized spacial score (nSPS) is 20.4. The highest BCUT2D eigenvalue weighted by Gasteiger charge is 2.32. The predicted octanol–water partition coefficient (Wildman–Crippen LogP) is 6.40. The average Bonchev–Trinajstić information content (AvgIpc) is 3.57. The molecule has 1 saturated heterocycles. The van der Waals surface area contributed by atoms with Crippen molar-refractivity contribution in [3.63, 3.8) is 0 Å². The van der Waals surface area contributed by atoms with Gasteiger partial charge in [-0.2, -0.15) is 0 Å². The monoisotopic (exact) mass is 465 g/mol. The number of piperidine rings is 1. The largest absolute Gasteiger partial charge is 0.489 e. The summed E-state index contributed by atoms with van der Waals surface area (Å²) in [4.78, 5) is 14.2. The average molecular weight is 466 g/mol. The van der Waals surface area contributed by atoms with Crippen LogP contribution in [-0.4, -0.2) is 37.2 Å².